The number of ether oxygens (including phenoxy) is 2. The largest absolute Gasteiger partial charge is 0.376 e. The number of amides is 1. The molecule has 1 aromatic heterocycles. The normalized spacial score (nSPS) is 20.7. The van der Waals surface area contributed by atoms with E-state index in [1.165, 1.54) is 0 Å². The van der Waals surface area contributed by atoms with Gasteiger partial charge in [-0.1, -0.05) is 6.07 Å². The highest BCUT2D eigenvalue weighted by molar-refractivity contribution is 5.95. The molecule has 5 nitrogen and oxygen atoms in total. The highest BCUT2D eigenvalue weighted by atomic mass is 19.1. The summed E-state index contributed by atoms with van der Waals surface area (Å²) in [6.45, 7) is 2.45. The first-order valence-electron chi connectivity index (χ1n) is 8.92. The summed E-state index contributed by atoms with van der Waals surface area (Å²) in [6.07, 6.45) is 4.35. The van der Waals surface area contributed by atoms with Gasteiger partial charge in [0.2, 0.25) is 0 Å². The minimum atomic E-state index is -0.757. The number of benzene rings is 1. The van der Waals surface area contributed by atoms with E-state index in [9.17, 15) is 13.6 Å². The minimum absolute atomic E-state index is 0.0183. The van der Waals surface area contributed by atoms with E-state index >= 15 is 0 Å². The van der Waals surface area contributed by atoms with E-state index in [4.69, 9.17) is 9.47 Å². The predicted octanol–water partition coefficient (Wildman–Crippen LogP) is 2.81. The van der Waals surface area contributed by atoms with Crippen molar-refractivity contribution in [3.8, 4) is 0 Å². The summed E-state index contributed by atoms with van der Waals surface area (Å²) in [5, 5.41) is 0. The summed E-state index contributed by atoms with van der Waals surface area (Å²) < 4.78 is 38.5. The van der Waals surface area contributed by atoms with E-state index in [2.05, 4.69) is 4.98 Å². The number of rotatable bonds is 5. The second-order valence-electron chi connectivity index (χ2n) is 7.09. The van der Waals surface area contributed by atoms with Gasteiger partial charge in [-0.2, -0.15) is 0 Å². The molecule has 3 heterocycles. The fraction of sp³-hybridized carbons (Fsp3) is 0.400. The maximum atomic E-state index is 13.4. The Hall–Kier alpha value is -2.38. The number of nitrogens with zero attached hydrogens (tertiary/aromatic N) is 2. The van der Waals surface area contributed by atoms with Crippen LogP contribution in [0.1, 0.15) is 22.3 Å². The summed E-state index contributed by atoms with van der Waals surface area (Å²) in [4.78, 5) is 18.1. The summed E-state index contributed by atoms with van der Waals surface area (Å²) in [5.41, 5.74) is 0.602. The Bertz CT molecular complexity index is 805. The monoisotopic (exact) mass is 374 g/mol. The number of hydrogen-bond donors (Lipinski definition) is 0. The zero-order valence-electron chi connectivity index (χ0n) is 14.7. The molecule has 142 valence electrons. The third kappa shape index (κ3) is 3.70. The predicted molar refractivity (Wildman–Crippen MR) is 92.9 cm³/mol. The van der Waals surface area contributed by atoms with Gasteiger partial charge in [-0.25, -0.2) is 8.78 Å². The lowest BCUT2D eigenvalue weighted by Crippen LogP contribution is -2.66. The van der Waals surface area contributed by atoms with E-state index in [-0.39, 0.29) is 17.4 Å². The smallest absolute Gasteiger partial charge is 0.254 e. The molecule has 2 fully saturated rings. The summed E-state index contributed by atoms with van der Waals surface area (Å²) in [5.74, 6) is -1.72. The molecular formula is C20H20F2N2O3. The van der Waals surface area contributed by atoms with Gasteiger partial charge in [0.15, 0.2) is 0 Å². The third-order valence-electron chi connectivity index (χ3n) is 5.22. The van der Waals surface area contributed by atoms with Crippen molar-refractivity contribution >= 4 is 5.91 Å². The minimum Gasteiger partial charge on any atom is -0.376 e. The van der Waals surface area contributed by atoms with Crippen LogP contribution < -0.4 is 0 Å². The molecule has 0 aliphatic carbocycles. The lowest BCUT2D eigenvalue weighted by atomic mass is 9.81. The maximum Gasteiger partial charge on any atom is 0.254 e. The van der Waals surface area contributed by atoms with Crippen LogP contribution in [0.5, 0.6) is 0 Å². The molecule has 1 atom stereocenters. The van der Waals surface area contributed by atoms with Crippen molar-refractivity contribution in [2.24, 2.45) is 5.92 Å². The molecule has 1 amide bonds. The molecule has 2 aromatic rings. The van der Waals surface area contributed by atoms with Crippen LogP contribution in [-0.4, -0.2) is 47.7 Å². The summed E-state index contributed by atoms with van der Waals surface area (Å²) >= 11 is 0. The topological polar surface area (TPSA) is 51.7 Å². The van der Waals surface area contributed by atoms with Gasteiger partial charge in [0.05, 0.1) is 26.3 Å². The quantitative estimate of drug-likeness (QED) is 0.808. The number of likely N-dealkylation sites (tertiary alicyclic amines) is 1. The van der Waals surface area contributed by atoms with Crippen molar-refractivity contribution in [2.75, 3.05) is 26.3 Å². The standard InChI is InChI=1S/C20H20F2N2O3/c21-17-6-15(7-18(22)8-17)19(25)24-12-20(13-24)16(3-5-27-20)11-26-10-14-2-1-4-23-9-14/h1-2,4,6-9,16H,3,5,10-13H2/t16-/m0/s1. The number of halogens is 2. The van der Waals surface area contributed by atoms with E-state index in [0.29, 0.717) is 32.9 Å². The number of pyridine rings is 1. The Labute approximate surface area is 155 Å². The van der Waals surface area contributed by atoms with Crippen molar-refractivity contribution in [1.82, 2.24) is 9.88 Å². The van der Waals surface area contributed by atoms with Crippen LogP contribution in [-0.2, 0) is 16.1 Å². The van der Waals surface area contributed by atoms with Gasteiger partial charge in [0.1, 0.15) is 17.2 Å². The Morgan fingerprint density at radius 1 is 1.30 bits per heavy atom. The van der Waals surface area contributed by atoms with Crippen LogP contribution >= 0.6 is 0 Å². The van der Waals surface area contributed by atoms with E-state index in [1.54, 1.807) is 17.3 Å². The lowest BCUT2D eigenvalue weighted by molar-refractivity contribution is -0.129. The molecule has 2 aliphatic heterocycles. The van der Waals surface area contributed by atoms with Crippen LogP contribution in [0.2, 0.25) is 0 Å². The number of carbonyl (C=O) groups is 1. The maximum absolute atomic E-state index is 13.4. The van der Waals surface area contributed by atoms with Crippen LogP contribution in [0, 0.1) is 17.6 Å². The van der Waals surface area contributed by atoms with Gasteiger partial charge in [-0.05, 0) is 30.2 Å². The zero-order valence-corrected chi connectivity index (χ0v) is 14.7. The fourth-order valence-electron chi connectivity index (χ4n) is 3.78. The van der Waals surface area contributed by atoms with Crippen LogP contribution in [0.3, 0.4) is 0 Å². The molecule has 0 radical (unpaired) electrons. The van der Waals surface area contributed by atoms with Crippen LogP contribution in [0.15, 0.2) is 42.7 Å². The fourth-order valence-corrected chi connectivity index (χ4v) is 3.78. The molecule has 0 saturated carbocycles. The Balaban J connectivity index is 1.34. The number of carbonyl (C=O) groups excluding carboxylic acids is 1. The summed E-state index contributed by atoms with van der Waals surface area (Å²) in [7, 11) is 0. The Morgan fingerprint density at radius 3 is 2.78 bits per heavy atom. The second kappa shape index (κ2) is 7.32. The first-order chi connectivity index (χ1) is 13.1. The average Bonchev–Trinajstić information content (AvgIpc) is 3.04. The molecule has 1 spiro atoms. The molecule has 4 rings (SSSR count). The van der Waals surface area contributed by atoms with Gasteiger partial charge in [-0.15, -0.1) is 0 Å². The lowest BCUT2D eigenvalue weighted by Gasteiger charge is -2.50. The van der Waals surface area contributed by atoms with E-state index in [0.717, 1.165) is 30.2 Å². The van der Waals surface area contributed by atoms with Crippen molar-refractivity contribution in [3.05, 3.63) is 65.5 Å². The van der Waals surface area contributed by atoms with Gasteiger partial charge >= 0.3 is 0 Å². The van der Waals surface area contributed by atoms with Crippen LogP contribution in [0.25, 0.3) is 0 Å². The van der Waals surface area contributed by atoms with Gasteiger partial charge in [-0.3, -0.25) is 9.78 Å². The Morgan fingerprint density at radius 2 is 2.07 bits per heavy atom. The molecule has 0 N–H and O–H groups in total. The summed E-state index contributed by atoms with van der Waals surface area (Å²) in [6, 6.07) is 6.68. The first-order valence-corrected chi connectivity index (χ1v) is 8.92. The molecule has 1 aromatic carbocycles. The SMILES string of the molecule is O=C(c1cc(F)cc(F)c1)N1CC2(C1)OCC[C@H]2COCc1cccnc1. The number of aromatic nitrogens is 1. The Kier molecular flexibility index (Phi) is 4.88. The van der Waals surface area contributed by atoms with Crippen LogP contribution in [0.4, 0.5) is 8.78 Å². The molecule has 7 heteroatoms. The van der Waals surface area contributed by atoms with Gasteiger partial charge in [0, 0.05) is 36.5 Å². The molecule has 2 saturated heterocycles. The molecular weight excluding hydrogens is 354 g/mol. The highest BCUT2D eigenvalue weighted by Gasteiger charge is 2.54. The van der Waals surface area contributed by atoms with Gasteiger partial charge in [0.25, 0.3) is 5.91 Å². The van der Waals surface area contributed by atoms with Crippen molar-refractivity contribution in [2.45, 2.75) is 18.6 Å². The molecule has 2 aliphatic rings. The highest BCUT2D eigenvalue weighted by Crippen LogP contribution is 2.40. The molecule has 0 bridgehead atoms. The van der Waals surface area contributed by atoms with Crippen molar-refractivity contribution in [1.29, 1.82) is 0 Å². The third-order valence-corrected chi connectivity index (χ3v) is 5.22. The molecule has 27 heavy (non-hydrogen) atoms. The van der Waals surface area contributed by atoms with Crippen molar-refractivity contribution < 1.29 is 23.0 Å². The average molecular weight is 374 g/mol. The molecule has 0 unspecified atom stereocenters. The van der Waals surface area contributed by atoms with Crippen molar-refractivity contribution in [3.63, 3.8) is 0 Å². The van der Waals surface area contributed by atoms with E-state index in [1.807, 2.05) is 12.1 Å². The second-order valence-corrected chi connectivity index (χ2v) is 7.09. The first kappa shape index (κ1) is 18.0. The zero-order chi connectivity index (χ0) is 18.9. The van der Waals surface area contributed by atoms with Gasteiger partial charge < -0.3 is 14.4 Å². The van der Waals surface area contributed by atoms with E-state index < -0.39 is 17.2 Å². The number of hydrogen-bond acceptors (Lipinski definition) is 4.